The van der Waals surface area contributed by atoms with E-state index in [1.807, 2.05) is 69.2 Å². The molecule has 0 rings (SSSR count). The van der Waals surface area contributed by atoms with Crippen molar-refractivity contribution in [3.05, 3.63) is 0 Å². The number of rotatable bonds is 0. The normalized spacial score (nSPS) is 3.43. The Kier molecular flexibility index (Phi) is 1600. The van der Waals surface area contributed by atoms with Crippen molar-refractivity contribution >= 4 is 0 Å². The zero-order valence-electron chi connectivity index (χ0n) is 13.0. The molecule has 0 aliphatic rings. The van der Waals surface area contributed by atoms with Crippen molar-refractivity contribution in [2.24, 2.45) is 0 Å². The van der Waals surface area contributed by atoms with Crippen molar-refractivity contribution in [3.8, 4) is 0 Å². The average molecular weight is 359 g/mol. The minimum Gasteiger partial charge on any atom is -0.0683 e. The van der Waals surface area contributed by atoms with E-state index in [1.165, 1.54) is 6.42 Å². The van der Waals surface area contributed by atoms with Gasteiger partial charge in [0.15, 0.2) is 0 Å². The summed E-state index contributed by atoms with van der Waals surface area (Å²) in [5, 5.41) is 0. The standard InChI is InChI=1S/C3H8.5C2H6.Ho/c1-3-2;5*1-2;/h3H2,1-2H3;5*1-2H3;. The molecule has 14 heavy (non-hydrogen) atoms. The predicted octanol–water partition coefficient (Wildman–Crippen LogP) is 6.55. The van der Waals surface area contributed by atoms with E-state index in [0.717, 1.165) is 0 Å². The van der Waals surface area contributed by atoms with E-state index in [-0.39, 0.29) is 37.7 Å². The van der Waals surface area contributed by atoms with Crippen LogP contribution < -0.4 is 0 Å². The van der Waals surface area contributed by atoms with Crippen LogP contribution in [0.4, 0.5) is 0 Å². The number of hydrogen-bond acceptors (Lipinski definition) is 0. The third-order valence-electron chi connectivity index (χ3n) is 0. The molecule has 0 saturated carbocycles. The molecule has 0 heterocycles. The monoisotopic (exact) mass is 359 g/mol. The van der Waals surface area contributed by atoms with E-state index in [1.54, 1.807) is 0 Å². The van der Waals surface area contributed by atoms with Crippen molar-refractivity contribution in [3.63, 3.8) is 0 Å². The summed E-state index contributed by atoms with van der Waals surface area (Å²) in [6.07, 6.45) is 1.25. The maximum absolute atomic E-state index is 2.12. The topological polar surface area (TPSA) is 0 Å². The summed E-state index contributed by atoms with van der Waals surface area (Å²) in [6.45, 7) is 24.2. The van der Waals surface area contributed by atoms with Crippen LogP contribution in [0.3, 0.4) is 0 Å². The van der Waals surface area contributed by atoms with Gasteiger partial charge in [0.05, 0.1) is 0 Å². The summed E-state index contributed by atoms with van der Waals surface area (Å²) in [5.74, 6) is 0. The molecule has 0 aliphatic carbocycles. The second-order valence-electron chi connectivity index (χ2n) is 0.707. The Hall–Kier alpha value is 1.26. The summed E-state index contributed by atoms with van der Waals surface area (Å²) >= 11 is 0. The summed E-state index contributed by atoms with van der Waals surface area (Å²) in [4.78, 5) is 0. The van der Waals surface area contributed by atoms with E-state index >= 15 is 0 Å². The summed E-state index contributed by atoms with van der Waals surface area (Å²) in [6, 6.07) is 0. The van der Waals surface area contributed by atoms with Gasteiger partial charge in [-0.25, -0.2) is 0 Å². The molecule has 0 spiro atoms. The smallest absolute Gasteiger partial charge is 0 e. The van der Waals surface area contributed by atoms with Gasteiger partial charge in [-0.15, -0.1) is 0 Å². The predicted molar refractivity (Wildman–Crippen MR) is 72.7 cm³/mol. The van der Waals surface area contributed by atoms with E-state index in [2.05, 4.69) is 13.8 Å². The quantitative estimate of drug-likeness (QED) is 0.430. The van der Waals surface area contributed by atoms with Crippen molar-refractivity contribution < 1.29 is 37.7 Å². The van der Waals surface area contributed by atoms with Gasteiger partial charge in [0, 0.05) is 37.7 Å². The third-order valence-corrected chi connectivity index (χ3v) is 0. The van der Waals surface area contributed by atoms with Crippen LogP contribution in [0, 0.1) is 37.7 Å². The molecule has 1 heteroatoms. The van der Waals surface area contributed by atoms with Crippen LogP contribution in [0.25, 0.3) is 0 Å². The molecule has 0 N–H and O–H groups in total. The first-order chi connectivity index (χ1) is 6.41. The minimum atomic E-state index is 0. The van der Waals surface area contributed by atoms with Gasteiger partial charge in [0.25, 0.3) is 0 Å². The summed E-state index contributed by atoms with van der Waals surface area (Å²) in [7, 11) is 0. The largest absolute Gasteiger partial charge is 0.0683 e. The van der Waals surface area contributed by atoms with Gasteiger partial charge in [0.1, 0.15) is 0 Å². The Morgan fingerprint density at radius 3 is 0.429 bits per heavy atom. The molecule has 0 aromatic carbocycles. The molecular formula is C13H38Ho. The van der Waals surface area contributed by atoms with E-state index in [4.69, 9.17) is 0 Å². The molecular weight excluding hydrogens is 321 g/mol. The maximum atomic E-state index is 2.12. The van der Waals surface area contributed by atoms with E-state index < -0.39 is 0 Å². The van der Waals surface area contributed by atoms with Crippen LogP contribution in [-0.2, 0) is 0 Å². The SMILES string of the molecule is CC.CC.CC.CC.CC.CCC.[Ho]. The Bertz CT molecular complexity index is 5.20. The molecule has 0 saturated heterocycles. The Morgan fingerprint density at radius 1 is 0.429 bits per heavy atom. The van der Waals surface area contributed by atoms with Gasteiger partial charge in [0.2, 0.25) is 0 Å². The van der Waals surface area contributed by atoms with E-state index in [9.17, 15) is 0 Å². The van der Waals surface area contributed by atoms with Gasteiger partial charge < -0.3 is 0 Å². The molecule has 0 amide bonds. The molecule has 0 nitrogen and oxygen atoms in total. The van der Waals surface area contributed by atoms with Gasteiger partial charge in [-0.1, -0.05) is 89.5 Å². The molecule has 1 radical (unpaired) electrons. The van der Waals surface area contributed by atoms with Gasteiger partial charge in [-0.3, -0.25) is 0 Å². The zero-order chi connectivity index (χ0) is 12.7. The van der Waals surface area contributed by atoms with Crippen molar-refractivity contribution in [1.29, 1.82) is 0 Å². The Balaban J connectivity index is -0.00000000838. The zero-order valence-corrected chi connectivity index (χ0v) is 14.9. The van der Waals surface area contributed by atoms with Crippen LogP contribution >= 0.6 is 0 Å². The van der Waals surface area contributed by atoms with Crippen LogP contribution in [-0.4, -0.2) is 0 Å². The van der Waals surface area contributed by atoms with Crippen LogP contribution in [0.1, 0.15) is 89.5 Å². The summed E-state index contributed by atoms with van der Waals surface area (Å²) in [5.41, 5.74) is 0. The third kappa shape index (κ3) is 1260. The summed E-state index contributed by atoms with van der Waals surface area (Å²) < 4.78 is 0. The maximum Gasteiger partial charge on any atom is 0 e. The van der Waals surface area contributed by atoms with Crippen LogP contribution in [0.15, 0.2) is 0 Å². The number of hydrogen-bond donors (Lipinski definition) is 0. The average Bonchev–Trinajstić information content (AvgIpc) is 2.32. The molecule has 0 aromatic heterocycles. The molecule has 0 fully saturated rings. The van der Waals surface area contributed by atoms with Gasteiger partial charge in [-0.05, 0) is 0 Å². The second kappa shape index (κ2) is 491. The van der Waals surface area contributed by atoms with Crippen LogP contribution in [0.2, 0.25) is 0 Å². The second-order valence-corrected chi connectivity index (χ2v) is 0.707. The molecule has 0 aliphatic heterocycles. The first kappa shape index (κ1) is 45.5. The van der Waals surface area contributed by atoms with E-state index in [0.29, 0.717) is 0 Å². The molecule has 0 atom stereocenters. The molecule has 0 bridgehead atoms. The van der Waals surface area contributed by atoms with Crippen molar-refractivity contribution in [2.75, 3.05) is 0 Å². The van der Waals surface area contributed by atoms with Crippen molar-refractivity contribution in [1.82, 2.24) is 0 Å². The molecule has 0 aromatic rings. The van der Waals surface area contributed by atoms with Gasteiger partial charge >= 0.3 is 0 Å². The first-order valence-corrected chi connectivity index (χ1v) is 6.41. The Labute approximate surface area is 126 Å². The minimum absolute atomic E-state index is 0. The molecule has 0 unspecified atom stereocenters. The fraction of sp³-hybridized carbons (Fsp3) is 1.00. The fourth-order valence-corrected chi connectivity index (χ4v) is 0. The Morgan fingerprint density at radius 2 is 0.429 bits per heavy atom. The fourth-order valence-electron chi connectivity index (χ4n) is 0. The van der Waals surface area contributed by atoms with Crippen LogP contribution in [0.5, 0.6) is 0 Å². The van der Waals surface area contributed by atoms with Crippen molar-refractivity contribution in [2.45, 2.75) is 89.5 Å². The first-order valence-electron chi connectivity index (χ1n) is 6.41. The van der Waals surface area contributed by atoms with Gasteiger partial charge in [-0.2, -0.15) is 0 Å². The molecule has 101 valence electrons.